The quantitative estimate of drug-likeness (QED) is 0.118. The van der Waals surface area contributed by atoms with Crippen molar-refractivity contribution in [1.82, 2.24) is 0 Å². The molecule has 0 heterocycles. The Kier molecular flexibility index (Phi) is 7.54. The molecule has 0 spiro atoms. The Labute approximate surface area is 276 Å². The van der Waals surface area contributed by atoms with Crippen molar-refractivity contribution in [1.29, 1.82) is 0 Å². The zero-order valence-electron chi connectivity index (χ0n) is 28.9. The Hall–Kier alpha value is -2.87. The van der Waals surface area contributed by atoms with Crippen molar-refractivity contribution in [2.24, 2.45) is 46.3 Å². The number of benzene rings is 4. The summed E-state index contributed by atoms with van der Waals surface area (Å²) in [5.74, 6) is 4.92. The molecule has 0 unspecified atom stereocenters. The molecular formula is C44H54O2. The van der Waals surface area contributed by atoms with Gasteiger partial charge in [-0.2, -0.15) is 0 Å². The summed E-state index contributed by atoms with van der Waals surface area (Å²) in [5, 5.41) is 7.08. The molecule has 4 aliphatic rings. The highest BCUT2D eigenvalue weighted by Gasteiger charge is 2.59. The molecule has 8 rings (SSSR count). The van der Waals surface area contributed by atoms with Gasteiger partial charge < -0.3 is 4.74 Å². The zero-order valence-corrected chi connectivity index (χ0v) is 28.9. The highest BCUT2D eigenvalue weighted by atomic mass is 16.5. The van der Waals surface area contributed by atoms with E-state index in [-0.39, 0.29) is 17.5 Å². The van der Waals surface area contributed by atoms with Crippen LogP contribution in [0.15, 0.2) is 66.2 Å². The molecule has 4 aliphatic carbocycles. The highest BCUT2D eigenvalue weighted by Crippen LogP contribution is 2.67. The normalized spacial score (nSPS) is 33.2. The van der Waals surface area contributed by atoms with Crippen LogP contribution in [0.5, 0.6) is 0 Å². The van der Waals surface area contributed by atoms with Crippen molar-refractivity contribution in [3.05, 3.63) is 71.8 Å². The van der Waals surface area contributed by atoms with Gasteiger partial charge in [0.05, 0.1) is 5.56 Å². The maximum Gasteiger partial charge on any atom is 0.339 e. The Bertz CT molecular complexity index is 1780. The molecule has 0 aromatic heterocycles. The number of hydrogen-bond acceptors (Lipinski definition) is 2. The topological polar surface area (TPSA) is 26.3 Å². The Morgan fingerprint density at radius 2 is 1.57 bits per heavy atom. The molecule has 3 saturated carbocycles. The molecule has 4 aromatic rings. The number of hydrogen-bond donors (Lipinski definition) is 0. The van der Waals surface area contributed by atoms with Crippen LogP contribution in [-0.4, -0.2) is 12.1 Å². The van der Waals surface area contributed by atoms with Crippen molar-refractivity contribution in [2.75, 3.05) is 0 Å². The third kappa shape index (κ3) is 4.75. The van der Waals surface area contributed by atoms with Gasteiger partial charge in [0.25, 0.3) is 0 Å². The number of rotatable bonds is 7. The van der Waals surface area contributed by atoms with E-state index in [9.17, 15) is 4.79 Å². The predicted molar refractivity (Wildman–Crippen MR) is 192 cm³/mol. The minimum absolute atomic E-state index is 0.0293. The van der Waals surface area contributed by atoms with E-state index in [1.54, 1.807) is 5.57 Å². The summed E-state index contributed by atoms with van der Waals surface area (Å²) in [7, 11) is 0. The number of carbonyl (C=O) groups is 1. The van der Waals surface area contributed by atoms with Gasteiger partial charge in [-0.1, -0.05) is 114 Å². The molecule has 46 heavy (non-hydrogen) atoms. The van der Waals surface area contributed by atoms with Crippen LogP contribution in [-0.2, 0) is 4.74 Å². The summed E-state index contributed by atoms with van der Waals surface area (Å²) >= 11 is 0. The average Bonchev–Trinajstić information content (AvgIpc) is 3.41. The average molecular weight is 615 g/mol. The van der Waals surface area contributed by atoms with Gasteiger partial charge in [-0.3, -0.25) is 0 Å². The molecule has 0 saturated heterocycles. The second-order valence-electron chi connectivity index (χ2n) is 17.0. The second kappa shape index (κ2) is 11.4. The summed E-state index contributed by atoms with van der Waals surface area (Å²) in [6.45, 7) is 12.6. The van der Waals surface area contributed by atoms with E-state index in [1.165, 1.54) is 78.3 Å². The van der Waals surface area contributed by atoms with Crippen LogP contribution in [0, 0.1) is 46.3 Å². The minimum Gasteiger partial charge on any atom is -0.458 e. The lowest BCUT2D eigenvalue weighted by Gasteiger charge is -2.58. The maximum atomic E-state index is 13.8. The Morgan fingerprint density at radius 1 is 0.826 bits per heavy atom. The smallest absolute Gasteiger partial charge is 0.339 e. The van der Waals surface area contributed by atoms with Gasteiger partial charge in [-0.05, 0) is 130 Å². The minimum atomic E-state index is -0.159. The summed E-state index contributed by atoms with van der Waals surface area (Å²) in [5.41, 5.74) is 3.08. The molecule has 2 heteroatoms. The maximum absolute atomic E-state index is 13.8. The first-order valence-corrected chi connectivity index (χ1v) is 18.7. The lowest BCUT2D eigenvalue weighted by molar-refractivity contribution is -0.0594. The summed E-state index contributed by atoms with van der Waals surface area (Å²) < 4.78 is 6.39. The van der Waals surface area contributed by atoms with Crippen LogP contribution in [0.2, 0.25) is 0 Å². The van der Waals surface area contributed by atoms with Crippen molar-refractivity contribution in [2.45, 2.75) is 111 Å². The first kappa shape index (κ1) is 30.5. The largest absolute Gasteiger partial charge is 0.458 e. The molecule has 0 amide bonds. The molecule has 2 nitrogen and oxygen atoms in total. The number of esters is 1. The van der Waals surface area contributed by atoms with Crippen molar-refractivity contribution in [3.63, 3.8) is 0 Å². The van der Waals surface area contributed by atoms with Crippen molar-refractivity contribution in [3.8, 4) is 0 Å². The fourth-order valence-electron chi connectivity index (χ4n) is 11.9. The predicted octanol–water partition coefficient (Wildman–Crippen LogP) is 12.2. The van der Waals surface area contributed by atoms with Crippen molar-refractivity contribution < 1.29 is 9.53 Å². The Morgan fingerprint density at radius 3 is 2.35 bits per heavy atom. The van der Waals surface area contributed by atoms with Crippen LogP contribution in [0.25, 0.3) is 32.3 Å². The Balaban J connectivity index is 0.985. The van der Waals surface area contributed by atoms with E-state index in [4.69, 9.17) is 4.74 Å². The fourth-order valence-corrected chi connectivity index (χ4v) is 11.9. The monoisotopic (exact) mass is 614 g/mol. The van der Waals surface area contributed by atoms with E-state index in [0.29, 0.717) is 11.0 Å². The summed E-state index contributed by atoms with van der Waals surface area (Å²) in [4.78, 5) is 13.8. The van der Waals surface area contributed by atoms with Gasteiger partial charge in [-0.25, -0.2) is 4.79 Å². The van der Waals surface area contributed by atoms with E-state index in [2.05, 4.69) is 89.2 Å². The molecule has 0 bridgehead atoms. The van der Waals surface area contributed by atoms with Gasteiger partial charge >= 0.3 is 5.97 Å². The van der Waals surface area contributed by atoms with Crippen LogP contribution in [0.4, 0.5) is 0 Å². The van der Waals surface area contributed by atoms with Gasteiger partial charge in [0.2, 0.25) is 0 Å². The van der Waals surface area contributed by atoms with Gasteiger partial charge in [0.1, 0.15) is 6.10 Å². The lowest BCUT2D eigenvalue weighted by atomic mass is 9.47. The summed E-state index contributed by atoms with van der Waals surface area (Å²) in [6.07, 6.45) is 16.7. The van der Waals surface area contributed by atoms with Crippen LogP contribution >= 0.6 is 0 Å². The van der Waals surface area contributed by atoms with Gasteiger partial charge in [0.15, 0.2) is 0 Å². The molecule has 8 atom stereocenters. The molecule has 4 aromatic carbocycles. The molecular weight excluding hydrogens is 560 g/mol. The van der Waals surface area contributed by atoms with Crippen LogP contribution < -0.4 is 0 Å². The highest BCUT2D eigenvalue weighted by molar-refractivity contribution is 6.25. The number of fused-ring (bicyclic) bond motifs is 5. The molecule has 242 valence electrons. The summed E-state index contributed by atoms with van der Waals surface area (Å²) in [6, 6.07) is 19.2. The molecule has 0 radical (unpaired) electrons. The SMILES string of the molecule is CC(C)CCC[C@@H](C)[C@H]1CC[C@H]2[C@@H]3CC=C4C[C@@H](OC(=O)c5ccc6ccc7cccc8ccc5c6c78)CC[C@]4(C)[C@H]3CC[C@]12C. The first-order valence-electron chi connectivity index (χ1n) is 18.7. The lowest BCUT2D eigenvalue weighted by Crippen LogP contribution is -2.51. The molecule has 0 N–H and O–H groups in total. The molecule has 3 fully saturated rings. The van der Waals surface area contributed by atoms with Crippen LogP contribution in [0.3, 0.4) is 0 Å². The van der Waals surface area contributed by atoms with Gasteiger partial charge in [-0.15, -0.1) is 0 Å². The van der Waals surface area contributed by atoms with E-state index < -0.39 is 0 Å². The van der Waals surface area contributed by atoms with Crippen molar-refractivity contribution >= 4 is 38.3 Å². The number of ether oxygens (including phenoxy) is 1. The van der Waals surface area contributed by atoms with E-state index >= 15 is 0 Å². The standard InChI is InChI=1S/C44H54O2/c1-27(2)8-6-9-28(3)37-20-21-38-36-19-16-32-26-33(22-24-43(32,4)39(36)23-25-44(37,38)5)46-42(45)35-18-15-31-13-12-29-10-7-11-30-14-17-34(35)41(31)40(29)30/h7,10-18,27-28,33,36-39H,6,8-9,19-26H2,1-5H3/t28-,33+,36+,37-,38+,39+,43+,44-/m1/s1. The zero-order chi connectivity index (χ0) is 31.8. The van der Waals surface area contributed by atoms with Crippen LogP contribution in [0.1, 0.15) is 116 Å². The van der Waals surface area contributed by atoms with Gasteiger partial charge in [0, 0.05) is 6.42 Å². The third-order valence-electron chi connectivity index (χ3n) is 14.3. The van der Waals surface area contributed by atoms with E-state index in [1.807, 2.05) is 6.07 Å². The second-order valence-corrected chi connectivity index (χ2v) is 17.0. The third-order valence-corrected chi connectivity index (χ3v) is 14.3. The number of allylic oxidation sites excluding steroid dienone is 1. The fraction of sp³-hybridized carbons (Fsp3) is 0.568. The molecule has 0 aliphatic heterocycles. The number of carbonyl (C=O) groups excluding carboxylic acids is 1. The van der Waals surface area contributed by atoms with E-state index in [0.717, 1.165) is 60.2 Å². The first-order chi connectivity index (χ1) is 22.2.